The van der Waals surface area contributed by atoms with Crippen LogP contribution in [0.1, 0.15) is 0 Å². The van der Waals surface area contributed by atoms with Crippen molar-refractivity contribution in [1.82, 2.24) is 0 Å². The molecule has 0 amide bonds. The van der Waals surface area contributed by atoms with Crippen LogP contribution in [-0.2, 0) is 18.5 Å². The van der Waals surface area contributed by atoms with Gasteiger partial charge in [-0.05, 0) is 0 Å². The maximum absolute atomic E-state index is 9.68. The Morgan fingerprint density at radius 1 is 0.643 bits per heavy atom. The van der Waals surface area contributed by atoms with Crippen LogP contribution in [0.5, 0.6) is 0 Å². The summed E-state index contributed by atoms with van der Waals surface area (Å²) in [5.41, 5.74) is 0. The van der Waals surface area contributed by atoms with Crippen LogP contribution in [0.25, 0.3) is 0 Å². The molecule has 0 rings (SSSR count). The molecular formula is H8Na4O8P2. The molecule has 0 spiro atoms. The van der Waals surface area contributed by atoms with Crippen molar-refractivity contribution in [2.45, 2.75) is 0 Å². The van der Waals surface area contributed by atoms with E-state index in [2.05, 4.69) is 9.35 Å². The van der Waals surface area contributed by atoms with Gasteiger partial charge < -0.3 is 19.6 Å². The summed E-state index contributed by atoms with van der Waals surface area (Å²) in [7, 11) is -9.95. The summed E-state index contributed by atoms with van der Waals surface area (Å²) in [6.07, 6.45) is 0. The summed E-state index contributed by atoms with van der Waals surface area (Å²) < 4.78 is 25.4. The zero-order chi connectivity index (χ0) is 8.41. The molecule has 8 nitrogen and oxygen atoms in total. The van der Waals surface area contributed by atoms with Crippen molar-refractivity contribution in [3.63, 3.8) is 0 Å². The SMILES string of the molecule is O=P(O)(O)OOP(=O)(O)O.[NaH].[NaH].[NaH].[NaH]. The second-order valence-electron chi connectivity index (χ2n) is 1.13. The van der Waals surface area contributed by atoms with Crippen molar-refractivity contribution in [1.29, 1.82) is 0 Å². The van der Waals surface area contributed by atoms with E-state index in [1.807, 2.05) is 0 Å². The van der Waals surface area contributed by atoms with Crippen molar-refractivity contribution in [3.05, 3.63) is 0 Å². The van der Waals surface area contributed by atoms with Gasteiger partial charge >= 0.3 is 134 Å². The van der Waals surface area contributed by atoms with Crippen LogP contribution in [0, 0.1) is 0 Å². The molecule has 0 aromatic carbocycles. The fourth-order valence-electron chi connectivity index (χ4n) is 0.0868. The summed E-state index contributed by atoms with van der Waals surface area (Å²) >= 11 is 0. The summed E-state index contributed by atoms with van der Waals surface area (Å²) in [5.74, 6) is 0. The fraction of sp³-hybridized carbons (Fsp3) is 0. The molecule has 0 saturated heterocycles. The second-order valence-corrected chi connectivity index (χ2v) is 3.39. The fourth-order valence-corrected chi connectivity index (χ4v) is 0.782. The molecule has 0 aliphatic carbocycles. The molecule has 0 aromatic rings. The molecule has 0 atom stereocenters. The minimum absolute atomic E-state index is 0. The summed E-state index contributed by atoms with van der Waals surface area (Å²) in [6.45, 7) is 0. The molecule has 0 fully saturated rings. The second kappa shape index (κ2) is 13.6. The molecule has 4 N–H and O–H groups in total. The van der Waals surface area contributed by atoms with E-state index >= 15 is 0 Å². The standard InChI is InChI=1S/4Na.H4O8P2.4H/c;;;;1-9(2,3)7-8-10(4,5)6;;;;/h;;;;(H2,1,2,3)(H2,4,5,6);;;;. The third-order valence-corrected chi connectivity index (χ3v) is 0.883. The average Bonchev–Trinajstić information content (AvgIpc) is 1.57. The third-order valence-electron chi connectivity index (χ3n) is 0.228. The Bertz CT molecular complexity index is 170. The van der Waals surface area contributed by atoms with E-state index in [9.17, 15) is 9.13 Å². The van der Waals surface area contributed by atoms with Gasteiger partial charge in [-0.25, -0.2) is 9.13 Å². The van der Waals surface area contributed by atoms with Crippen LogP contribution in [0.4, 0.5) is 0 Å². The van der Waals surface area contributed by atoms with Crippen LogP contribution >= 0.6 is 15.6 Å². The van der Waals surface area contributed by atoms with Gasteiger partial charge in [0.2, 0.25) is 0 Å². The van der Waals surface area contributed by atoms with Gasteiger partial charge in [0.15, 0.2) is 0 Å². The Morgan fingerprint density at radius 3 is 0.857 bits per heavy atom. The van der Waals surface area contributed by atoms with Crippen LogP contribution in [-0.4, -0.2) is 138 Å². The first-order valence-corrected chi connectivity index (χ1v) is 4.76. The van der Waals surface area contributed by atoms with Gasteiger partial charge in [-0.2, -0.15) is 0 Å². The third kappa shape index (κ3) is 29.8. The molecule has 0 aliphatic rings. The molecule has 0 unspecified atom stereocenters. The van der Waals surface area contributed by atoms with E-state index in [-0.39, 0.29) is 118 Å². The molecular weight excluding hydrogens is 282 g/mol. The van der Waals surface area contributed by atoms with E-state index in [1.54, 1.807) is 0 Å². The van der Waals surface area contributed by atoms with Gasteiger partial charge in [0.05, 0.1) is 0 Å². The molecule has 0 radical (unpaired) electrons. The van der Waals surface area contributed by atoms with Crippen molar-refractivity contribution in [2.24, 2.45) is 0 Å². The van der Waals surface area contributed by atoms with Crippen LogP contribution in [0.15, 0.2) is 0 Å². The first-order chi connectivity index (χ1) is 4.21. The predicted molar refractivity (Wildman–Crippen MR) is 54.9 cm³/mol. The maximum atomic E-state index is 9.68. The van der Waals surface area contributed by atoms with Gasteiger partial charge in [-0.15, -0.1) is 9.35 Å². The summed E-state index contributed by atoms with van der Waals surface area (Å²) in [4.78, 5) is 31.2. The van der Waals surface area contributed by atoms with E-state index in [1.165, 1.54) is 0 Å². The molecule has 0 heterocycles. The minimum atomic E-state index is -4.98. The Balaban J connectivity index is -0.0000000675. The van der Waals surface area contributed by atoms with Crippen LogP contribution in [0.3, 0.4) is 0 Å². The topological polar surface area (TPSA) is 134 Å². The zero-order valence-electron chi connectivity index (χ0n) is 4.32. The quantitative estimate of drug-likeness (QED) is 0.182. The van der Waals surface area contributed by atoms with E-state index in [4.69, 9.17) is 19.6 Å². The normalized spacial score (nSPS) is 9.71. The first kappa shape index (κ1) is 30.9. The van der Waals surface area contributed by atoms with Crippen molar-refractivity contribution < 1.29 is 38.1 Å². The van der Waals surface area contributed by atoms with E-state index in [0.29, 0.717) is 0 Å². The molecule has 0 aromatic heterocycles. The van der Waals surface area contributed by atoms with Gasteiger partial charge in [0.25, 0.3) is 0 Å². The van der Waals surface area contributed by atoms with Crippen molar-refractivity contribution in [2.75, 3.05) is 0 Å². The van der Waals surface area contributed by atoms with E-state index in [0.717, 1.165) is 0 Å². The molecule has 0 bridgehead atoms. The number of hydrogen-bond donors (Lipinski definition) is 4. The van der Waals surface area contributed by atoms with Gasteiger partial charge in [-0.3, -0.25) is 0 Å². The van der Waals surface area contributed by atoms with Gasteiger partial charge in [0.1, 0.15) is 0 Å². The molecule has 0 aliphatic heterocycles. The number of hydrogen-bond acceptors (Lipinski definition) is 4. The van der Waals surface area contributed by atoms with Crippen LogP contribution < -0.4 is 0 Å². The molecule has 14 heavy (non-hydrogen) atoms. The Labute approximate surface area is 168 Å². The molecule has 70 valence electrons. The predicted octanol–water partition coefficient (Wildman–Crippen LogP) is -3.47. The van der Waals surface area contributed by atoms with E-state index < -0.39 is 15.6 Å². The Kier molecular flexibility index (Phi) is 30.1. The monoisotopic (exact) mass is 290 g/mol. The molecule has 0 saturated carbocycles. The number of rotatable bonds is 3. The number of phosphoric acid groups is 2. The first-order valence-electron chi connectivity index (χ1n) is 1.70. The summed E-state index contributed by atoms with van der Waals surface area (Å²) in [5, 5.41) is 0. The molecule has 14 heteroatoms. The van der Waals surface area contributed by atoms with Crippen LogP contribution in [0.2, 0.25) is 0 Å². The van der Waals surface area contributed by atoms with Gasteiger partial charge in [-0.1, -0.05) is 0 Å². The Hall–Kier alpha value is 4.22. The van der Waals surface area contributed by atoms with Gasteiger partial charge in [0, 0.05) is 0 Å². The van der Waals surface area contributed by atoms with Crippen molar-refractivity contribution >= 4 is 134 Å². The zero-order valence-corrected chi connectivity index (χ0v) is 6.11. The summed E-state index contributed by atoms with van der Waals surface area (Å²) in [6, 6.07) is 0. The Morgan fingerprint density at radius 2 is 0.786 bits per heavy atom. The average molecular weight is 290 g/mol. The van der Waals surface area contributed by atoms with Crippen molar-refractivity contribution in [3.8, 4) is 0 Å².